The number of amides is 1. The van der Waals surface area contributed by atoms with Crippen LogP contribution in [0.25, 0.3) is 11.0 Å². The molecule has 2 heterocycles. The zero-order chi connectivity index (χ0) is 20.0. The Morgan fingerprint density at radius 3 is 2.50 bits per heavy atom. The number of aromatic nitrogens is 2. The van der Waals surface area contributed by atoms with Crippen LogP contribution in [0.4, 0.5) is 0 Å². The van der Waals surface area contributed by atoms with Gasteiger partial charge in [-0.05, 0) is 55.7 Å². The van der Waals surface area contributed by atoms with Crippen LogP contribution in [0.15, 0.2) is 35.3 Å². The van der Waals surface area contributed by atoms with Crippen molar-refractivity contribution in [1.82, 2.24) is 14.5 Å². The van der Waals surface area contributed by atoms with Crippen LogP contribution in [0.5, 0.6) is 0 Å². The SMILES string of the molecule is C=C1NC(=O)CCC1n1c(=O)n(C)c2cc(C3CCC(C(=O)O)CC3)ccc21. The lowest BCUT2D eigenvalue weighted by atomic mass is 9.78. The fourth-order valence-electron chi connectivity index (χ4n) is 4.66. The number of nitrogens with zero attached hydrogens (tertiary/aromatic N) is 2. The van der Waals surface area contributed by atoms with Crippen LogP contribution in [0.3, 0.4) is 0 Å². The lowest BCUT2D eigenvalue weighted by Crippen LogP contribution is -2.37. The molecule has 1 amide bonds. The summed E-state index contributed by atoms with van der Waals surface area (Å²) in [4.78, 5) is 35.7. The van der Waals surface area contributed by atoms with Gasteiger partial charge in [0.05, 0.1) is 23.0 Å². The van der Waals surface area contributed by atoms with Crippen LogP contribution in [0, 0.1) is 5.92 Å². The second-order valence-corrected chi connectivity index (χ2v) is 7.97. The maximum absolute atomic E-state index is 12.9. The molecule has 4 rings (SSSR count). The minimum atomic E-state index is -0.701. The molecule has 7 heteroatoms. The molecule has 2 N–H and O–H groups in total. The summed E-state index contributed by atoms with van der Waals surface area (Å²) in [6.07, 6.45) is 4.02. The molecule has 2 aromatic rings. The summed E-state index contributed by atoms with van der Waals surface area (Å²) in [5, 5.41) is 11.9. The Kier molecular flexibility index (Phi) is 4.61. The van der Waals surface area contributed by atoms with E-state index in [1.165, 1.54) is 0 Å². The van der Waals surface area contributed by atoms with Gasteiger partial charge in [0.1, 0.15) is 0 Å². The number of allylic oxidation sites excluding steroid dienone is 1. The van der Waals surface area contributed by atoms with Gasteiger partial charge in [0.2, 0.25) is 5.91 Å². The summed E-state index contributed by atoms with van der Waals surface area (Å²) >= 11 is 0. The van der Waals surface area contributed by atoms with Gasteiger partial charge in [-0.25, -0.2) is 4.79 Å². The molecule has 148 valence electrons. The molecule has 1 aliphatic carbocycles. The number of rotatable bonds is 3. The summed E-state index contributed by atoms with van der Waals surface area (Å²) < 4.78 is 3.37. The Morgan fingerprint density at radius 2 is 1.86 bits per heavy atom. The minimum Gasteiger partial charge on any atom is -0.481 e. The number of aryl methyl sites for hydroxylation is 1. The van der Waals surface area contributed by atoms with Crippen LogP contribution < -0.4 is 11.0 Å². The number of carboxylic acids is 1. The van der Waals surface area contributed by atoms with Gasteiger partial charge in [-0.1, -0.05) is 12.6 Å². The van der Waals surface area contributed by atoms with Gasteiger partial charge in [0, 0.05) is 19.2 Å². The highest BCUT2D eigenvalue weighted by atomic mass is 16.4. The molecule has 1 unspecified atom stereocenters. The Bertz CT molecular complexity index is 1020. The molecule has 28 heavy (non-hydrogen) atoms. The van der Waals surface area contributed by atoms with E-state index in [1.54, 1.807) is 16.2 Å². The lowest BCUT2D eigenvalue weighted by molar-refractivity contribution is -0.142. The normalized spacial score (nSPS) is 25.7. The second kappa shape index (κ2) is 6.96. The molecule has 2 aliphatic rings. The van der Waals surface area contributed by atoms with Crippen LogP contribution >= 0.6 is 0 Å². The van der Waals surface area contributed by atoms with Crippen molar-refractivity contribution in [1.29, 1.82) is 0 Å². The highest BCUT2D eigenvalue weighted by molar-refractivity contribution is 5.80. The van der Waals surface area contributed by atoms with Gasteiger partial charge in [0.25, 0.3) is 0 Å². The Hall–Kier alpha value is -2.83. The Morgan fingerprint density at radius 1 is 1.14 bits per heavy atom. The summed E-state index contributed by atoms with van der Waals surface area (Å²) in [6.45, 7) is 3.94. The van der Waals surface area contributed by atoms with Crippen LogP contribution in [0.2, 0.25) is 0 Å². The first-order valence-corrected chi connectivity index (χ1v) is 9.79. The molecular formula is C21H25N3O4. The number of hydrogen-bond acceptors (Lipinski definition) is 3. The number of carbonyl (C=O) groups excluding carboxylic acids is 1. The molecule has 0 radical (unpaired) electrons. The third kappa shape index (κ3) is 3.04. The third-order valence-corrected chi connectivity index (χ3v) is 6.32. The first kappa shape index (κ1) is 18.5. The number of piperidine rings is 1. The minimum absolute atomic E-state index is 0.0613. The smallest absolute Gasteiger partial charge is 0.329 e. The molecule has 0 spiro atoms. The fourth-order valence-corrected chi connectivity index (χ4v) is 4.66. The number of benzene rings is 1. The molecule has 2 fully saturated rings. The first-order chi connectivity index (χ1) is 13.4. The monoisotopic (exact) mass is 383 g/mol. The maximum atomic E-state index is 12.9. The maximum Gasteiger partial charge on any atom is 0.329 e. The Balaban J connectivity index is 1.67. The fraction of sp³-hybridized carbons (Fsp3) is 0.476. The van der Waals surface area contributed by atoms with Gasteiger partial charge in [-0.3, -0.25) is 18.7 Å². The Labute approximate surface area is 162 Å². The summed E-state index contributed by atoms with van der Waals surface area (Å²) in [5.74, 6) is -0.678. The number of imidazole rings is 1. The largest absolute Gasteiger partial charge is 0.481 e. The third-order valence-electron chi connectivity index (χ3n) is 6.32. The predicted molar refractivity (Wildman–Crippen MR) is 105 cm³/mol. The number of carboxylic acid groups (broad SMARTS) is 1. The van der Waals surface area contributed by atoms with Crippen molar-refractivity contribution >= 4 is 22.9 Å². The van der Waals surface area contributed by atoms with Gasteiger partial charge in [0.15, 0.2) is 0 Å². The number of hydrogen-bond donors (Lipinski definition) is 2. The van der Waals surface area contributed by atoms with E-state index in [1.807, 2.05) is 12.1 Å². The number of fused-ring (bicyclic) bond motifs is 1. The van der Waals surface area contributed by atoms with E-state index in [2.05, 4.69) is 18.0 Å². The highest BCUT2D eigenvalue weighted by Gasteiger charge is 2.29. The van der Waals surface area contributed by atoms with E-state index in [-0.39, 0.29) is 23.6 Å². The molecule has 1 saturated heterocycles. The first-order valence-electron chi connectivity index (χ1n) is 9.79. The van der Waals surface area contributed by atoms with E-state index in [0.717, 1.165) is 29.4 Å². The average molecular weight is 383 g/mol. The number of aliphatic carboxylic acids is 1. The van der Waals surface area contributed by atoms with Gasteiger partial charge >= 0.3 is 11.7 Å². The molecule has 7 nitrogen and oxygen atoms in total. The average Bonchev–Trinajstić information content (AvgIpc) is 2.92. The standard InChI is InChI=1S/C21H25N3O4/c1-12-16(9-10-19(25)22-12)24-17-8-7-15(11-18(17)23(2)21(24)28)13-3-5-14(6-4-13)20(26)27/h7-8,11,13-14,16H,1,3-6,9-10H2,2H3,(H,22,25)(H,26,27). The van der Waals surface area contributed by atoms with E-state index in [9.17, 15) is 19.5 Å². The summed E-state index contributed by atoms with van der Waals surface area (Å²) in [7, 11) is 1.76. The van der Waals surface area contributed by atoms with E-state index < -0.39 is 5.97 Å². The summed E-state index contributed by atoms with van der Waals surface area (Å²) in [6, 6.07) is 5.84. The van der Waals surface area contributed by atoms with Crippen molar-refractivity contribution < 1.29 is 14.7 Å². The molecule has 1 aliphatic heterocycles. The van der Waals surface area contributed by atoms with E-state index >= 15 is 0 Å². The zero-order valence-electron chi connectivity index (χ0n) is 16.0. The van der Waals surface area contributed by atoms with Crippen LogP contribution in [-0.4, -0.2) is 26.1 Å². The lowest BCUT2D eigenvalue weighted by Gasteiger charge is -2.27. The summed E-state index contributed by atoms with van der Waals surface area (Å²) in [5.41, 5.74) is 3.27. The van der Waals surface area contributed by atoms with Gasteiger partial charge in [-0.15, -0.1) is 0 Å². The number of carbonyl (C=O) groups is 2. The van der Waals surface area contributed by atoms with Crippen molar-refractivity contribution in [2.75, 3.05) is 0 Å². The van der Waals surface area contributed by atoms with Crippen molar-refractivity contribution in [3.05, 3.63) is 46.5 Å². The van der Waals surface area contributed by atoms with Crippen LogP contribution in [-0.2, 0) is 16.6 Å². The molecule has 1 aromatic carbocycles. The molecule has 0 bridgehead atoms. The van der Waals surface area contributed by atoms with E-state index in [4.69, 9.17) is 0 Å². The van der Waals surface area contributed by atoms with Crippen molar-refractivity contribution in [3.8, 4) is 0 Å². The molecule has 1 atom stereocenters. The molecule has 1 aromatic heterocycles. The topological polar surface area (TPSA) is 93.3 Å². The van der Waals surface area contributed by atoms with Gasteiger partial charge in [-0.2, -0.15) is 0 Å². The highest BCUT2D eigenvalue weighted by Crippen LogP contribution is 2.37. The van der Waals surface area contributed by atoms with Crippen LogP contribution in [0.1, 0.15) is 56.0 Å². The molecular weight excluding hydrogens is 358 g/mol. The molecule has 1 saturated carbocycles. The predicted octanol–water partition coefficient (Wildman–Crippen LogP) is 2.66. The van der Waals surface area contributed by atoms with Crippen molar-refractivity contribution in [2.24, 2.45) is 13.0 Å². The van der Waals surface area contributed by atoms with E-state index in [0.29, 0.717) is 37.3 Å². The van der Waals surface area contributed by atoms with Gasteiger partial charge < -0.3 is 10.4 Å². The number of nitrogens with one attached hydrogen (secondary N) is 1. The second-order valence-electron chi connectivity index (χ2n) is 7.97. The van der Waals surface area contributed by atoms with Crippen molar-refractivity contribution in [3.63, 3.8) is 0 Å². The quantitative estimate of drug-likeness (QED) is 0.852. The van der Waals surface area contributed by atoms with Crippen molar-refractivity contribution in [2.45, 2.75) is 50.5 Å². The zero-order valence-corrected chi connectivity index (χ0v) is 16.0.